The Morgan fingerprint density at radius 3 is 1.86 bits per heavy atom. The lowest BCUT2D eigenvalue weighted by molar-refractivity contribution is 0.604. The topological polar surface area (TPSA) is 0 Å². The molecule has 0 bridgehead atoms. The summed E-state index contributed by atoms with van der Waals surface area (Å²) in [6, 6.07) is 21.8. The number of hydrogen-bond donors (Lipinski definition) is 0. The van der Waals surface area contributed by atoms with Gasteiger partial charge in [-0.05, 0) is 30.4 Å². The molecule has 3 rings (SSSR count). The molecule has 0 aromatic heterocycles. The minimum absolute atomic E-state index is 0.380. The molecule has 1 aliphatic carbocycles. The van der Waals surface area contributed by atoms with Crippen LogP contribution in [-0.2, 0) is 0 Å². The van der Waals surface area contributed by atoms with Gasteiger partial charge in [-0.1, -0.05) is 67.1 Å². The van der Waals surface area contributed by atoms with Crippen LogP contribution in [0.3, 0.4) is 0 Å². The van der Waals surface area contributed by atoms with Gasteiger partial charge in [0, 0.05) is 6.42 Å². The predicted octanol–water partition coefficient (Wildman–Crippen LogP) is 5.90. The maximum atomic E-state index is 3.74. The Labute approximate surface area is 128 Å². The summed E-state index contributed by atoms with van der Waals surface area (Å²) in [5.74, 6) is 0.380. The van der Waals surface area contributed by atoms with Gasteiger partial charge in [-0.2, -0.15) is 0 Å². The van der Waals surface area contributed by atoms with Crippen LogP contribution in [0.2, 0.25) is 0 Å². The summed E-state index contributed by atoms with van der Waals surface area (Å²) in [6.07, 6.45) is 11.4. The fraction of sp³-hybridized carbons (Fsp3) is 0.333. The molecule has 0 heteroatoms. The third kappa shape index (κ3) is 3.60. The Morgan fingerprint density at radius 1 is 0.667 bits per heavy atom. The molecule has 0 saturated heterocycles. The summed E-state index contributed by atoms with van der Waals surface area (Å²) in [5.41, 5.74) is 4.28. The van der Waals surface area contributed by atoms with Gasteiger partial charge in [-0.25, -0.2) is 0 Å². The van der Waals surface area contributed by atoms with Crippen LogP contribution < -0.4 is 0 Å². The summed E-state index contributed by atoms with van der Waals surface area (Å²) in [6.45, 7) is 0. The molecule has 106 valence electrons. The van der Waals surface area contributed by atoms with E-state index in [4.69, 9.17) is 0 Å². The van der Waals surface area contributed by atoms with Crippen molar-refractivity contribution in [2.45, 2.75) is 44.4 Å². The van der Waals surface area contributed by atoms with E-state index in [9.17, 15) is 0 Å². The van der Waals surface area contributed by atoms with E-state index < -0.39 is 0 Å². The zero-order chi connectivity index (χ0) is 14.3. The van der Waals surface area contributed by atoms with Crippen LogP contribution in [0.1, 0.15) is 55.6 Å². The van der Waals surface area contributed by atoms with E-state index in [2.05, 4.69) is 66.7 Å². The van der Waals surface area contributed by atoms with Crippen LogP contribution in [0.5, 0.6) is 0 Å². The highest BCUT2D eigenvalue weighted by molar-refractivity contribution is 5.40. The Balaban J connectivity index is 1.99. The molecule has 0 aliphatic heterocycles. The summed E-state index contributed by atoms with van der Waals surface area (Å²) in [7, 11) is 0. The zero-order valence-electron chi connectivity index (χ0n) is 12.6. The molecular formula is C21H23+. The van der Waals surface area contributed by atoms with E-state index in [-0.39, 0.29) is 0 Å². The number of hydrogen-bond acceptors (Lipinski definition) is 0. The second-order valence-corrected chi connectivity index (χ2v) is 5.87. The van der Waals surface area contributed by atoms with Crippen molar-refractivity contribution in [2.24, 2.45) is 0 Å². The molecule has 0 radical (unpaired) electrons. The highest BCUT2D eigenvalue weighted by atomic mass is 14.2. The van der Waals surface area contributed by atoms with Gasteiger partial charge in [0.2, 0.25) is 6.08 Å². The fourth-order valence-electron chi connectivity index (χ4n) is 3.26. The van der Waals surface area contributed by atoms with Gasteiger partial charge in [0.25, 0.3) is 0 Å². The van der Waals surface area contributed by atoms with E-state index in [0.29, 0.717) is 5.92 Å². The van der Waals surface area contributed by atoms with Crippen molar-refractivity contribution in [3.8, 4) is 0 Å². The summed E-state index contributed by atoms with van der Waals surface area (Å²) < 4.78 is 0. The fourth-order valence-corrected chi connectivity index (χ4v) is 3.26. The Hall–Kier alpha value is -1.91. The van der Waals surface area contributed by atoms with Crippen LogP contribution in [-0.4, -0.2) is 0 Å². The molecule has 0 fully saturated rings. The molecule has 0 atom stereocenters. The Bertz CT molecular complexity index is 526. The second-order valence-electron chi connectivity index (χ2n) is 5.87. The normalized spacial score (nSPS) is 15.8. The van der Waals surface area contributed by atoms with Crippen LogP contribution >= 0.6 is 0 Å². The molecule has 0 unspecified atom stereocenters. The van der Waals surface area contributed by atoms with Crippen LogP contribution in [0.25, 0.3) is 0 Å². The second kappa shape index (κ2) is 7.20. The van der Waals surface area contributed by atoms with Crippen molar-refractivity contribution in [2.75, 3.05) is 0 Å². The minimum atomic E-state index is 0.380. The van der Waals surface area contributed by atoms with E-state index in [1.165, 1.54) is 48.8 Å². The lowest BCUT2D eigenvalue weighted by Crippen LogP contribution is -2.06. The minimum Gasteiger partial charge on any atom is -0.0622 e. The van der Waals surface area contributed by atoms with Crippen molar-refractivity contribution >= 4 is 0 Å². The molecule has 1 aliphatic rings. The maximum absolute atomic E-state index is 3.74. The monoisotopic (exact) mass is 275 g/mol. The van der Waals surface area contributed by atoms with Gasteiger partial charge >= 0.3 is 0 Å². The van der Waals surface area contributed by atoms with Gasteiger partial charge in [0.1, 0.15) is 0 Å². The van der Waals surface area contributed by atoms with Crippen molar-refractivity contribution in [1.29, 1.82) is 0 Å². The van der Waals surface area contributed by atoms with Crippen molar-refractivity contribution in [3.05, 3.63) is 83.4 Å². The summed E-state index contributed by atoms with van der Waals surface area (Å²) in [5, 5.41) is 0. The zero-order valence-corrected chi connectivity index (χ0v) is 12.6. The maximum Gasteiger partial charge on any atom is 0.222 e. The molecular weight excluding hydrogens is 252 g/mol. The van der Waals surface area contributed by atoms with Gasteiger partial charge in [0.15, 0.2) is 12.0 Å². The average molecular weight is 275 g/mol. The largest absolute Gasteiger partial charge is 0.222 e. The smallest absolute Gasteiger partial charge is 0.0622 e. The molecule has 21 heavy (non-hydrogen) atoms. The first kappa shape index (κ1) is 14.0. The number of allylic oxidation sites excluding steroid dienone is 2. The van der Waals surface area contributed by atoms with Crippen LogP contribution in [0.15, 0.2) is 66.2 Å². The number of rotatable bonds is 3. The van der Waals surface area contributed by atoms with Crippen molar-refractivity contribution in [3.63, 3.8) is 0 Å². The van der Waals surface area contributed by atoms with E-state index in [0.717, 1.165) is 6.42 Å². The van der Waals surface area contributed by atoms with Gasteiger partial charge in [0.05, 0.1) is 5.92 Å². The van der Waals surface area contributed by atoms with E-state index in [1.807, 2.05) is 0 Å². The van der Waals surface area contributed by atoms with Crippen molar-refractivity contribution in [1.82, 2.24) is 0 Å². The quantitative estimate of drug-likeness (QED) is 0.611. The molecule has 0 spiro atoms. The number of benzene rings is 2. The lowest BCUT2D eigenvalue weighted by Gasteiger charge is -2.16. The third-order valence-electron chi connectivity index (χ3n) is 4.34. The molecule has 0 N–H and O–H groups in total. The van der Waals surface area contributed by atoms with Crippen LogP contribution in [0.4, 0.5) is 0 Å². The highest BCUT2D eigenvalue weighted by Crippen LogP contribution is 2.35. The molecule has 0 nitrogen and oxygen atoms in total. The first-order valence-corrected chi connectivity index (χ1v) is 8.14. The molecule has 0 heterocycles. The first-order chi connectivity index (χ1) is 10.4. The highest BCUT2D eigenvalue weighted by Gasteiger charge is 2.27. The van der Waals surface area contributed by atoms with E-state index in [1.54, 1.807) is 0 Å². The molecule has 2 aromatic rings. The SMILES string of the molecule is [C+]1=C(C(c2ccccc2)c2ccccc2)CCCCCC1. The molecule has 0 saturated carbocycles. The standard InChI is InChI=1S/C21H23/c1-2-6-12-18(13-7-3-1)21(19-14-8-4-9-15-19)20-16-10-5-11-17-20/h4-5,8-11,14-17,21H,1-3,6-7,12H2/q+1. The van der Waals surface area contributed by atoms with Gasteiger partial charge in [-0.3, -0.25) is 0 Å². The molecule has 0 amide bonds. The summed E-state index contributed by atoms with van der Waals surface area (Å²) in [4.78, 5) is 0. The Kier molecular flexibility index (Phi) is 4.82. The Morgan fingerprint density at radius 2 is 1.24 bits per heavy atom. The van der Waals surface area contributed by atoms with Gasteiger partial charge in [-0.15, -0.1) is 0 Å². The first-order valence-electron chi connectivity index (χ1n) is 8.14. The summed E-state index contributed by atoms with van der Waals surface area (Å²) >= 11 is 0. The van der Waals surface area contributed by atoms with Crippen molar-refractivity contribution < 1.29 is 0 Å². The van der Waals surface area contributed by atoms with Gasteiger partial charge < -0.3 is 0 Å². The third-order valence-corrected chi connectivity index (χ3v) is 4.34. The van der Waals surface area contributed by atoms with E-state index >= 15 is 0 Å². The average Bonchev–Trinajstić information content (AvgIpc) is 2.52. The lowest BCUT2D eigenvalue weighted by atomic mass is 9.81. The van der Waals surface area contributed by atoms with Crippen LogP contribution in [0, 0.1) is 6.08 Å². The molecule has 2 aromatic carbocycles. The predicted molar refractivity (Wildman–Crippen MR) is 89.2 cm³/mol.